The molecule has 26 nitrogen and oxygen atoms in total. The standard InChI is InChI=1S/C32H37F3N6O6S.C31H35F3N6O6S.CH2O2/c1-20-18-23(41-29(44)37-28(43)31(41)11-13-39(3)14-12-31)19-21(2)25(20)8-17-48(45,46)40-15-9-30(10-16-40)27(42)36-26(38-30)22-4-6-24(7-5-22)47-32(33,34)35;1-19-17-22(40-28(43)37-27(42)30(40)8-12-35-13-9-30)18-20(2)24(19)7-16-47(44,45)39-14-10-29(11-15-39)26(41)36-25(38-29)21-3-5-23(6-4-21)46-31(32,33)34;2-1-3/h4-7,18-19H,8-17H2,1-3H3,(H,36,38,42)(H,37,43,44);3-6,17-18,35H,7-16H2,1-2H3,(H,36,38,41)(H,37,42,43);1H,(H,2,3). The summed E-state index contributed by atoms with van der Waals surface area (Å²) in [4.78, 5) is 100. The Morgan fingerprint density at radius 1 is 0.510 bits per heavy atom. The number of amides is 8. The number of aliphatic imine (C=N–C) groups is 2. The van der Waals surface area contributed by atoms with Crippen LogP contribution in [0.1, 0.15) is 95.9 Å². The number of imide groups is 2. The van der Waals surface area contributed by atoms with E-state index in [0.717, 1.165) is 57.6 Å². The molecule has 0 bridgehead atoms. The van der Waals surface area contributed by atoms with Crippen LogP contribution in [-0.2, 0) is 56.9 Å². The molecule has 98 heavy (non-hydrogen) atoms. The number of alkyl halides is 6. The molecule has 0 radical (unpaired) electrons. The first kappa shape index (κ1) is 72.2. The number of benzene rings is 4. The van der Waals surface area contributed by atoms with Crippen molar-refractivity contribution >= 4 is 85.3 Å². The van der Waals surface area contributed by atoms with Gasteiger partial charge >= 0.3 is 24.8 Å². The number of nitrogens with zero attached hydrogens (tertiary/aromatic N) is 7. The first-order valence-corrected chi connectivity index (χ1v) is 34.8. The number of rotatable bonds is 14. The van der Waals surface area contributed by atoms with E-state index in [9.17, 15) is 71.9 Å². The Bertz CT molecular complexity index is 4060. The first-order chi connectivity index (χ1) is 46.1. The molecule has 0 saturated carbocycles. The fourth-order valence-corrected chi connectivity index (χ4v) is 17.1. The van der Waals surface area contributed by atoms with Crippen molar-refractivity contribution in [3.05, 3.63) is 117 Å². The normalized spacial score (nSPS) is 20.8. The van der Waals surface area contributed by atoms with Crippen LogP contribution in [0, 0.1) is 27.7 Å². The molecule has 8 aliphatic rings. The number of carbonyl (C=O) groups is 7. The van der Waals surface area contributed by atoms with Gasteiger partial charge in [-0.05, 0) is 218 Å². The fraction of sp³-hybridized carbons (Fsp3) is 0.484. The number of sulfonamides is 2. The van der Waals surface area contributed by atoms with E-state index in [-0.39, 0.29) is 118 Å². The number of halogens is 6. The van der Waals surface area contributed by atoms with E-state index < -0.39 is 78.5 Å². The highest BCUT2D eigenvalue weighted by molar-refractivity contribution is 7.89. The summed E-state index contributed by atoms with van der Waals surface area (Å²) in [6.45, 7) is 10.1. The largest absolute Gasteiger partial charge is 0.573 e. The van der Waals surface area contributed by atoms with Crippen molar-refractivity contribution in [1.29, 1.82) is 0 Å². The SMILES string of the molecule is Cc1cc(N2C(=O)NC(=O)C23CCN(C)CC3)cc(C)c1CCS(=O)(=O)N1CCC2(CC1)N=C(c1ccc(OC(F)(F)F)cc1)NC2=O.Cc1cc(N2C(=O)NC(=O)C23CCNCC3)cc(C)c1CCS(=O)(=O)N1CCC2(CC1)N=C(c1ccc(OC(F)(F)F)cc1)NC2=O.O=CO. The number of piperidine rings is 4. The van der Waals surface area contributed by atoms with Gasteiger partial charge in [0.05, 0.1) is 11.5 Å². The highest BCUT2D eigenvalue weighted by Gasteiger charge is 2.56. The van der Waals surface area contributed by atoms with Gasteiger partial charge in [-0.15, -0.1) is 26.3 Å². The summed E-state index contributed by atoms with van der Waals surface area (Å²) in [7, 11) is -5.44. The molecule has 4 aromatic carbocycles. The maximum absolute atomic E-state index is 13.5. The van der Waals surface area contributed by atoms with Gasteiger partial charge in [0.2, 0.25) is 20.0 Å². The Kier molecular flexibility index (Phi) is 20.3. The molecule has 4 aromatic rings. The molecule has 6 saturated heterocycles. The third-order valence-corrected chi connectivity index (χ3v) is 23.2. The Labute approximate surface area is 560 Å². The van der Waals surface area contributed by atoms with Crippen LogP contribution in [0.15, 0.2) is 82.8 Å². The van der Waals surface area contributed by atoms with Crippen molar-refractivity contribution in [2.45, 2.75) is 127 Å². The lowest BCUT2D eigenvalue weighted by atomic mass is 9.85. The molecule has 4 spiro atoms. The van der Waals surface area contributed by atoms with Crippen LogP contribution in [0.5, 0.6) is 11.5 Å². The summed E-state index contributed by atoms with van der Waals surface area (Å²) in [5.74, 6) is -2.06. The number of carboxylic acid groups (broad SMARTS) is 1. The van der Waals surface area contributed by atoms with E-state index in [1.165, 1.54) is 32.9 Å². The van der Waals surface area contributed by atoms with Gasteiger partial charge in [0.1, 0.15) is 45.3 Å². The molecule has 6 N–H and O–H groups in total. The fourth-order valence-electron chi connectivity index (χ4n) is 14.2. The van der Waals surface area contributed by atoms with Crippen molar-refractivity contribution < 1.29 is 91.3 Å². The zero-order chi connectivity index (χ0) is 71.1. The van der Waals surface area contributed by atoms with Crippen molar-refractivity contribution in [3.63, 3.8) is 0 Å². The third kappa shape index (κ3) is 14.9. The summed E-state index contributed by atoms with van der Waals surface area (Å²) in [6, 6.07) is 16.4. The van der Waals surface area contributed by atoms with Crippen molar-refractivity contribution in [3.8, 4) is 11.5 Å². The molecule has 0 aliphatic carbocycles. The predicted molar refractivity (Wildman–Crippen MR) is 345 cm³/mol. The van der Waals surface area contributed by atoms with Crippen molar-refractivity contribution in [2.24, 2.45) is 9.98 Å². The van der Waals surface area contributed by atoms with Gasteiger partial charge in [-0.3, -0.25) is 54.4 Å². The van der Waals surface area contributed by atoms with E-state index >= 15 is 0 Å². The topological polar surface area (TPSA) is 328 Å². The monoisotopic (exact) mass is 1410 g/mol. The van der Waals surface area contributed by atoms with Gasteiger partial charge in [-0.25, -0.2) is 35.0 Å². The number of anilines is 2. The average Bonchev–Trinajstić information content (AvgIpc) is 1.41. The summed E-state index contributed by atoms with van der Waals surface area (Å²) in [5, 5.41) is 20.5. The number of hydrogen-bond acceptors (Lipinski definition) is 17. The second kappa shape index (κ2) is 27.6. The van der Waals surface area contributed by atoms with Crippen LogP contribution in [0.25, 0.3) is 0 Å². The number of likely N-dealkylation sites (tertiary alicyclic amines) is 1. The molecular formula is C64H74F6N12O14S2. The van der Waals surface area contributed by atoms with Gasteiger partial charge < -0.3 is 35.4 Å². The van der Waals surface area contributed by atoms with Gasteiger partial charge in [-0.1, -0.05) is 0 Å². The minimum Gasteiger partial charge on any atom is -0.483 e. The third-order valence-electron chi connectivity index (χ3n) is 19.5. The van der Waals surface area contributed by atoms with Gasteiger partial charge in [0, 0.05) is 61.8 Å². The highest BCUT2D eigenvalue weighted by Crippen LogP contribution is 2.41. The molecule has 0 aromatic heterocycles. The molecular weight excluding hydrogens is 1340 g/mol. The summed E-state index contributed by atoms with van der Waals surface area (Å²) >= 11 is 0. The predicted octanol–water partition coefficient (Wildman–Crippen LogP) is 5.37. The Balaban J connectivity index is 0.000000204. The lowest BCUT2D eigenvalue weighted by Crippen LogP contribution is -2.56. The van der Waals surface area contributed by atoms with Crippen molar-refractivity contribution in [2.75, 3.05) is 80.7 Å². The number of ether oxygens (including phenoxy) is 2. The van der Waals surface area contributed by atoms with Gasteiger partial charge in [0.15, 0.2) is 0 Å². The lowest BCUT2D eigenvalue weighted by Gasteiger charge is -2.41. The molecule has 0 unspecified atom stereocenters. The van der Waals surface area contributed by atoms with Crippen LogP contribution in [0.3, 0.4) is 0 Å². The van der Waals surface area contributed by atoms with E-state index in [1.54, 1.807) is 9.80 Å². The molecule has 0 atom stereocenters. The van der Waals surface area contributed by atoms with Crippen LogP contribution in [0.2, 0.25) is 0 Å². The smallest absolute Gasteiger partial charge is 0.483 e. The second-order valence-electron chi connectivity index (χ2n) is 25.5. The Hall–Kier alpha value is -8.57. The molecule has 12 rings (SSSR count). The van der Waals surface area contributed by atoms with E-state index in [1.807, 2.05) is 59.0 Å². The van der Waals surface area contributed by atoms with Crippen molar-refractivity contribution in [1.82, 2.24) is 40.1 Å². The van der Waals surface area contributed by atoms with Crippen LogP contribution in [0.4, 0.5) is 47.3 Å². The first-order valence-electron chi connectivity index (χ1n) is 31.6. The zero-order valence-corrected chi connectivity index (χ0v) is 55.7. The summed E-state index contributed by atoms with van der Waals surface area (Å²) < 4.78 is 139. The highest BCUT2D eigenvalue weighted by atomic mass is 32.2. The maximum atomic E-state index is 13.5. The van der Waals surface area contributed by atoms with Gasteiger partial charge in [-0.2, -0.15) is 0 Å². The number of aryl methyl sites for hydroxylation is 4. The Morgan fingerprint density at radius 2 is 0.837 bits per heavy atom. The van der Waals surface area contributed by atoms with Crippen LogP contribution in [-0.4, -0.2) is 195 Å². The van der Waals surface area contributed by atoms with Gasteiger partial charge in [0.25, 0.3) is 30.1 Å². The molecule has 8 aliphatic heterocycles. The average molecular weight is 1410 g/mol. The number of hydrogen-bond donors (Lipinski definition) is 6. The number of amidine groups is 2. The lowest BCUT2D eigenvalue weighted by molar-refractivity contribution is -0.275. The van der Waals surface area contributed by atoms with Crippen LogP contribution < -0.4 is 45.9 Å². The molecule has 34 heteroatoms. The zero-order valence-electron chi connectivity index (χ0n) is 54.1. The van der Waals surface area contributed by atoms with E-state index in [2.05, 4.69) is 50.9 Å². The molecule has 8 amide bonds. The van der Waals surface area contributed by atoms with E-state index in [0.29, 0.717) is 74.4 Å². The maximum Gasteiger partial charge on any atom is 0.573 e. The second-order valence-corrected chi connectivity index (χ2v) is 29.7. The molecule has 6 fully saturated rings. The number of urea groups is 2. The molecule has 8 heterocycles. The Morgan fingerprint density at radius 3 is 1.16 bits per heavy atom. The minimum absolute atomic E-state index is 0.0802. The number of carbonyl (C=O) groups excluding carboxylic acids is 6. The summed E-state index contributed by atoms with van der Waals surface area (Å²) in [6.07, 6.45) is -6.58. The quantitative estimate of drug-likeness (QED) is 0.0525. The minimum atomic E-state index is -4.83. The number of nitrogens with one attached hydrogen (secondary N) is 5. The van der Waals surface area contributed by atoms with Crippen LogP contribution >= 0.6 is 0 Å². The summed E-state index contributed by atoms with van der Waals surface area (Å²) in [5.41, 5.74) is 2.71. The molecule has 528 valence electrons. The van der Waals surface area contributed by atoms with E-state index in [4.69, 9.17) is 9.90 Å².